The van der Waals surface area contributed by atoms with Crippen LogP contribution in [0.5, 0.6) is 0 Å². The topological polar surface area (TPSA) is 137 Å². The van der Waals surface area contributed by atoms with Crippen LogP contribution in [0.25, 0.3) is 10.4 Å². The zero-order chi connectivity index (χ0) is 15.4. The number of carboxylic acid groups (broad SMARTS) is 1. The summed E-state index contributed by atoms with van der Waals surface area (Å²) < 4.78 is 0. The summed E-state index contributed by atoms with van der Waals surface area (Å²) in [7, 11) is 0. The van der Waals surface area contributed by atoms with Gasteiger partial charge in [0.1, 0.15) is 0 Å². The molecule has 1 aliphatic rings. The predicted octanol–water partition coefficient (Wildman–Crippen LogP) is 2.49. The predicted molar refractivity (Wildman–Crippen MR) is 77.7 cm³/mol. The average molecular weight is 290 g/mol. The molecule has 0 aromatic carbocycles. The van der Waals surface area contributed by atoms with Crippen LogP contribution in [0.3, 0.4) is 0 Å². The van der Waals surface area contributed by atoms with E-state index in [0.717, 1.165) is 12.0 Å². The number of nitrogens with one attached hydrogen (secondary N) is 1. The third kappa shape index (κ3) is 3.35. The molecule has 1 fully saturated rings. The van der Waals surface area contributed by atoms with Crippen LogP contribution in [0.4, 0.5) is 10.5 Å². The van der Waals surface area contributed by atoms with Crippen molar-refractivity contribution >= 4 is 11.8 Å². The van der Waals surface area contributed by atoms with E-state index in [4.69, 9.17) is 16.4 Å². The maximum atomic E-state index is 11.0. The monoisotopic (exact) mass is 290 g/mol. The van der Waals surface area contributed by atoms with Crippen LogP contribution in [-0.2, 0) is 0 Å². The van der Waals surface area contributed by atoms with Crippen molar-refractivity contribution in [1.29, 1.82) is 0 Å². The average Bonchev–Trinajstić information content (AvgIpc) is 2.42. The molecule has 4 atom stereocenters. The van der Waals surface area contributed by atoms with E-state index in [2.05, 4.69) is 20.3 Å². The van der Waals surface area contributed by atoms with E-state index < -0.39 is 12.1 Å². The minimum absolute atomic E-state index is 0.0593. The molecule has 8 heteroatoms. The highest BCUT2D eigenvalue weighted by atomic mass is 16.4. The molecule has 8 nitrogen and oxygen atoms in total. The molecule has 0 aliphatic heterocycles. The first-order chi connectivity index (χ1) is 10.0. The van der Waals surface area contributed by atoms with Crippen molar-refractivity contribution in [2.45, 2.75) is 37.8 Å². The van der Waals surface area contributed by atoms with Gasteiger partial charge in [-0.25, -0.2) is 4.79 Å². The zero-order valence-corrected chi connectivity index (χ0v) is 11.7. The van der Waals surface area contributed by atoms with Gasteiger partial charge in [-0.15, -0.1) is 0 Å². The number of rotatable bonds is 3. The van der Waals surface area contributed by atoms with E-state index in [0.29, 0.717) is 12.1 Å². The van der Waals surface area contributed by atoms with Crippen LogP contribution >= 0.6 is 0 Å². The van der Waals surface area contributed by atoms with Gasteiger partial charge in [0.25, 0.3) is 0 Å². The van der Waals surface area contributed by atoms with Crippen LogP contribution < -0.4 is 11.1 Å². The van der Waals surface area contributed by atoms with Crippen molar-refractivity contribution in [3.63, 3.8) is 0 Å². The third-order valence-corrected chi connectivity index (χ3v) is 4.01. The van der Waals surface area contributed by atoms with E-state index in [-0.39, 0.29) is 17.9 Å². The molecule has 4 N–H and O–H groups in total. The van der Waals surface area contributed by atoms with Gasteiger partial charge in [-0.1, -0.05) is 12.0 Å². The highest BCUT2D eigenvalue weighted by Crippen LogP contribution is 2.39. The highest BCUT2D eigenvalue weighted by Gasteiger charge is 2.37. The van der Waals surface area contributed by atoms with Gasteiger partial charge in [0.15, 0.2) is 0 Å². The van der Waals surface area contributed by atoms with Gasteiger partial charge in [0, 0.05) is 17.2 Å². The molecule has 1 saturated carbocycles. The maximum Gasteiger partial charge on any atom is 0.404 e. The Labute approximate surface area is 122 Å². The number of nitrogen functional groups attached to an aromatic ring is 1. The SMILES string of the molecule is CC1CC(c2ccncc2N)CC(NC(=O)O)C1N=[N+]=[N-]. The minimum Gasteiger partial charge on any atom is -0.465 e. The lowest BCUT2D eigenvalue weighted by Gasteiger charge is -2.38. The Morgan fingerprint density at radius 2 is 2.38 bits per heavy atom. The fraction of sp³-hybridized carbons (Fsp3) is 0.538. The summed E-state index contributed by atoms with van der Waals surface area (Å²) in [6.45, 7) is 1.96. The Balaban J connectivity index is 2.26. The Kier molecular flexibility index (Phi) is 4.49. The fourth-order valence-electron chi connectivity index (χ4n) is 3.13. The normalized spacial score (nSPS) is 28.4. The van der Waals surface area contributed by atoms with Crippen molar-refractivity contribution in [1.82, 2.24) is 10.3 Å². The lowest BCUT2D eigenvalue weighted by molar-refractivity contribution is 0.172. The Morgan fingerprint density at radius 1 is 1.62 bits per heavy atom. The standard InChI is InChI=1S/C13H18N6O2/c1-7-4-8(9-2-3-16-6-10(9)14)5-11(17-13(20)21)12(7)18-19-15/h2-3,6-8,11-12,17H,4-5,14H2,1H3,(H,20,21). The molecular weight excluding hydrogens is 272 g/mol. The second-order valence-electron chi connectivity index (χ2n) is 5.40. The summed E-state index contributed by atoms with van der Waals surface area (Å²) in [5.41, 5.74) is 16.2. The second kappa shape index (κ2) is 6.32. The first kappa shape index (κ1) is 14.9. The van der Waals surface area contributed by atoms with Gasteiger partial charge in [-0.05, 0) is 41.8 Å². The number of amides is 1. The largest absolute Gasteiger partial charge is 0.465 e. The summed E-state index contributed by atoms with van der Waals surface area (Å²) in [5.74, 6) is 0.175. The van der Waals surface area contributed by atoms with Crippen molar-refractivity contribution in [2.75, 3.05) is 5.73 Å². The molecule has 112 valence electrons. The maximum absolute atomic E-state index is 11.0. The van der Waals surface area contributed by atoms with E-state index >= 15 is 0 Å². The number of anilines is 1. The van der Waals surface area contributed by atoms with Gasteiger partial charge >= 0.3 is 6.09 Å². The molecule has 2 rings (SSSR count). The second-order valence-corrected chi connectivity index (χ2v) is 5.40. The number of aromatic nitrogens is 1. The number of azide groups is 1. The van der Waals surface area contributed by atoms with Gasteiger partial charge in [-0.2, -0.15) is 0 Å². The molecule has 0 saturated heterocycles. The minimum atomic E-state index is -1.12. The molecule has 0 radical (unpaired) electrons. The Bertz CT molecular complexity index is 572. The van der Waals surface area contributed by atoms with Crippen LogP contribution in [0.1, 0.15) is 31.2 Å². The summed E-state index contributed by atoms with van der Waals surface area (Å²) in [5, 5.41) is 15.2. The molecule has 0 bridgehead atoms. The van der Waals surface area contributed by atoms with Gasteiger partial charge in [-0.3, -0.25) is 4.98 Å². The number of hydrogen-bond donors (Lipinski definition) is 3. The smallest absolute Gasteiger partial charge is 0.404 e. The molecule has 1 aliphatic carbocycles. The van der Waals surface area contributed by atoms with E-state index in [1.807, 2.05) is 13.0 Å². The molecule has 0 spiro atoms. The summed E-state index contributed by atoms with van der Waals surface area (Å²) in [4.78, 5) is 17.8. The lowest BCUT2D eigenvalue weighted by atomic mass is 9.73. The van der Waals surface area contributed by atoms with Crippen LogP contribution in [0.15, 0.2) is 23.6 Å². The Hall–Kier alpha value is -2.47. The lowest BCUT2D eigenvalue weighted by Crippen LogP contribution is -2.48. The first-order valence-electron chi connectivity index (χ1n) is 6.76. The quantitative estimate of drug-likeness (QED) is 0.447. The van der Waals surface area contributed by atoms with Crippen molar-refractivity contribution in [3.05, 3.63) is 34.5 Å². The van der Waals surface area contributed by atoms with E-state index in [1.54, 1.807) is 12.4 Å². The fourth-order valence-corrected chi connectivity index (χ4v) is 3.13. The van der Waals surface area contributed by atoms with Crippen molar-refractivity contribution < 1.29 is 9.90 Å². The van der Waals surface area contributed by atoms with Gasteiger partial charge < -0.3 is 16.2 Å². The molecule has 21 heavy (non-hydrogen) atoms. The van der Waals surface area contributed by atoms with Crippen LogP contribution in [0.2, 0.25) is 0 Å². The number of carbonyl (C=O) groups is 1. The molecule has 1 amide bonds. The number of pyridine rings is 1. The van der Waals surface area contributed by atoms with E-state index in [1.165, 1.54) is 0 Å². The van der Waals surface area contributed by atoms with Gasteiger partial charge in [0.05, 0.1) is 17.9 Å². The summed E-state index contributed by atoms with van der Waals surface area (Å²) in [6, 6.07) is 1.06. The van der Waals surface area contributed by atoms with Crippen molar-refractivity contribution in [3.8, 4) is 0 Å². The Morgan fingerprint density at radius 3 is 3.00 bits per heavy atom. The van der Waals surface area contributed by atoms with Crippen molar-refractivity contribution in [2.24, 2.45) is 11.0 Å². The van der Waals surface area contributed by atoms with Crippen LogP contribution in [0, 0.1) is 5.92 Å². The van der Waals surface area contributed by atoms with E-state index in [9.17, 15) is 4.79 Å². The molecule has 4 unspecified atom stereocenters. The first-order valence-corrected chi connectivity index (χ1v) is 6.76. The molecule has 1 heterocycles. The van der Waals surface area contributed by atoms with Gasteiger partial charge in [0.2, 0.25) is 0 Å². The number of nitrogens with two attached hydrogens (primary N) is 1. The molecular formula is C13H18N6O2. The number of nitrogens with zero attached hydrogens (tertiary/aromatic N) is 4. The highest BCUT2D eigenvalue weighted by molar-refractivity contribution is 5.65. The van der Waals surface area contributed by atoms with Crippen LogP contribution in [-0.4, -0.2) is 28.3 Å². The summed E-state index contributed by atoms with van der Waals surface area (Å²) >= 11 is 0. The third-order valence-electron chi connectivity index (χ3n) is 4.01. The molecule has 1 aromatic rings. The summed E-state index contributed by atoms with van der Waals surface area (Å²) in [6.07, 6.45) is 3.49. The number of hydrogen-bond acceptors (Lipinski definition) is 4. The zero-order valence-electron chi connectivity index (χ0n) is 11.7. The molecule has 1 aromatic heterocycles.